The minimum absolute atomic E-state index is 0. The van der Waals surface area contributed by atoms with Crippen LogP contribution in [0.5, 0.6) is 5.75 Å². The van der Waals surface area contributed by atoms with Gasteiger partial charge >= 0.3 is 0 Å². The molecule has 80 valence electrons. The smallest absolute Gasteiger partial charge is 0.120 e. The number of phenols is 1. The van der Waals surface area contributed by atoms with Crippen molar-refractivity contribution in [2.45, 2.75) is 6.54 Å². The lowest BCUT2D eigenvalue weighted by molar-refractivity contribution is 0.466. The molecule has 0 amide bonds. The summed E-state index contributed by atoms with van der Waals surface area (Å²) in [6, 6.07) is 5.00. The first kappa shape index (κ1) is 12.1. The highest BCUT2D eigenvalue weighted by molar-refractivity contribution is 8.93. The van der Waals surface area contributed by atoms with Gasteiger partial charge in [-0.1, -0.05) is 11.6 Å². The van der Waals surface area contributed by atoms with Crippen molar-refractivity contribution in [2.75, 3.05) is 0 Å². The molecule has 0 saturated heterocycles. The summed E-state index contributed by atoms with van der Waals surface area (Å²) in [7, 11) is 0. The van der Waals surface area contributed by atoms with Gasteiger partial charge in [0.1, 0.15) is 5.75 Å². The third-order valence-corrected chi connectivity index (χ3v) is 2.19. The molecule has 1 N–H and O–H groups in total. The standard InChI is InChI=1S/C10H9ClN2O.BrH/c11-9-1-2-10(14)8(5-9)6-13-4-3-12-7-13;/h1-5,7,14H,6H2;1H. The van der Waals surface area contributed by atoms with Crippen LogP contribution in [-0.4, -0.2) is 14.7 Å². The normalized spacial score (nSPS) is 9.67. The number of rotatable bonds is 2. The van der Waals surface area contributed by atoms with E-state index in [-0.39, 0.29) is 22.7 Å². The molecule has 1 heterocycles. The lowest BCUT2D eigenvalue weighted by Crippen LogP contribution is -1.96. The fourth-order valence-electron chi connectivity index (χ4n) is 1.26. The van der Waals surface area contributed by atoms with Crippen LogP contribution in [0, 0.1) is 0 Å². The Morgan fingerprint density at radius 3 is 2.87 bits per heavy atom. The topological polar surface area (TPSA) is 38.0 Å². The van der Waals surface area contributed by atoms with Crippen LogP contribution in [-0.2, 0) is 6.54 Å². The molecule has 0 atom stereocenters. The zero-order valence-electron chi connectivity index (χ0n) is 7.80. The average molecular weight is 290 g/mol. The highest BCUT2D eigenvalue weighted by Gasteiger charge is 2.02. The molecule has 0 aliphatic rings. The number of halogens is 2. The van der Waals surface area contributed by atoms with E-state index in [1.807, 2.05) is 10.8 Å². The van der Waals surface area contributed by atoms with Crippen LogP contribution in [0.3, 0.4) is 0 Å². The molecule has 5 heteroatoms. The Bertz CT molecular complexity index is 431. The van der Waals surface area contributed by atoms with Crippen LogP contribution in [0.2, 0.25) is 5.02 Å². The summed E-state index contributed by atoms with van der Waals surface area (Å²) in [6.07, 6.45) is 5.22. The number of aromatic hydroxyl groups is 1. The van der Waals surface area contributed by atoms with Gasteiger partial charge in [0.2, 0.25) is 0 Å². The average Bonchev–Trinajstić information content (AvgIpc) is 2.64. The molecule has 2 rings (SSSR count). The highest BCUT2D eigenvalue weighted by atomic mass is 79.9. The van der Waals surface area contributed by atoms with Crippen molar-refractivity contribution < 1.29 is 5.11 Å². The maximum atomic E-state index is 9.54. The van der Waals surface area contributed by atoms with E-state index in [0.29, 0.717) is 11.6 Å². The molecule has 0 radical (unpaired) electrons. The maximum absolute atomic E-state index is 9.54. The van der Waals surface area contributed by atoms with E-state index in [0.717, 1.165) is 5.56 Å². The van der Waals surface area contributed by atoms with E-state index >= 15 is 0 Å². The van der Waals surface area contributed by atoms with Gasteiger partial charge in [0, 0.05) is 23.0 Å². The number of phenolic OH excluding ortho intramolecular Hbond substituents is 1. The van der Waals surface area contributed by atoms with Crippen molar-refractivity contribution in [3.63, 3.8) is 0 Å². The molecule has 0 aliphatic carbocycles. The van der Waals surface area contributed by atoms with E-state index in [1.165, 1.54) is 0 Å². The van der Waals surface area contributed by atoms with E-state index in [4.69, 9.17) is 11.6 Å². The molecule has 1 aromatic carbocycles. The number of hydrogen-bond acceptors (Lipinski definition) is 2. The van der Waals surface area contributed by atoms with Gasteiger partial charge in [-0.3, -0.25) is 0 Å². The van der Waals surface area contributed by atoms with E-state index in [2.05, 4.69) is 4.98 Å². The predicted octanol–water partition coefficient (Wildman–Crippen LogP) is 2.87. The van der Waals surface area contributed by atoms with Crippen molar-refractivity contribution in [1.29, 1.82) is 0 Å². The Morgan fingerprint density at radius 2 is 2.20 bits per heavy atom. The van der Waals surface area contributed by atoms with Crippen molar-refractivity contribution >= 4 is 28.6 Å². The van der Waals surface area contributed by atoms with Crippen molar-refractivity contribution in [2.24, 2.45) is 0 Å². The van der Waals surface area contributed by atoms with Gasteiger partial charge in [-0.05, 0) is 18.2 Å². The Kier molecular flexibility index (Phi) is 4.17. The van der Waals surface area contributed by atoms with Crippen molar-refractivity contribution in [1.82, 2.24) is 9.55 Å². The molecule has 1 aromatic heterocycles. The molecule has 2 aromatic rings. The number of imidazole rings is 1. The molecule has 0 aliphatic heterocycles. The van der Waals surface area contributed by atoms with Gasteiger partial charge in [0.05, 0.1) is 12.9 Å². The summed E-state index contributed by atoms with van der Waals surface area (Å²) in [5, 5.41) is 10.2. The summed E-state index contributed by atoms with van der Waals surface area (Å²) in [6.45, 7) is 0.576. The first-order chi connectivity index (χ1) is 6.75. The second kappa shape index (κ2) is 5.19. The Labute approximate surface area is 103 Å². The minimum atomic E-state index is 0. The number of aromatic nitrogens is 2. The summed E-state index contributed by atoms with van der Waals surface area (Å²) in [5.41, 5.74) is 0.788. The SMILES string of the molecule is Br.Oc1ccc(Cl)cc1Cn1ccnc1. The van der Waals surface area contributed by atoms with Crippen molar-refractivity contribution in [3.05, 3.63) is 47.5 Å². The Balaban J connectivity index is 0.00000112. The first-order valence-corrected chi connectivity index (χ1v) is 4.56. The lowest BCUT2D eigenvalue weighted by atomic mass is 10.2. The summed E-state index contributed by atoms with van der Waals surface area (Å²) < 4.78 is 1.87. The Hall–Kier alpha value is -1.00. The van der Waals surface area contributed by atoms with Crippen LogP contribution in [0.1, 0.15) is 5.56 Å². The lowest BCUT2D eigenvalue weighted by Gasteiger charge is -2.05. The predicted molar refractivity (Wildman–Crippen MR) is 64.8 cm³/mol. The monoisotopic (exact) mass is 288 g/mol. The second-order valence-electron chi connectivity index (χ2n) is 3.01. The third-order valence-electron chi connectivity index (χ3n) is 1.95. The fourth-order valence-corrected chi connectivity index (χ4v) is 1.45. The largest absolute Gasteiger partial charge is 0.508 e. The molecule has 15 heavy (non-hydrogen) atoms. The van der Waals surface area contributed by atoms with E-state index in [1.54, 1.807) is 30.7 Å². The minimum Gasteiger partial charge on any atom is -0.508 e. The molecule has 0 saturated carbocycles. The Morgan fingerprint density at radius 1 is 1.40 bits per heavy atom. The molecule has 0 fully saturated rings. The molecule has 0 bridgehead atoms. The van der Waals surface area contributed by atoms with Gasteiger partial charge in [-0.25, -0.2) is 4.98 Å². The second-order valence-corrected chi connectivity index (χ2v) is 3.44. The number of benzene rings is 1. The molecule has 0 unspecified atom stereocenters. The van der Waals surface area contributed by atoms with Gasteiger partial charge in [-0.15, -0.1) is 17.0 Å². The van der Waals surface area contributed by atoms with Gasteiger partial charge in [0.15, 0.2) is 0 Å². The maximum Gasteiger partial charge on any atom is 0.120 e. The van der Waals surface area contributed by atoms with Crippen LogP contribution < -0.4 is 0 Å². The molecular weight excluding hydrogens is 279 g/mol. The zero-order valence-corrected chi connectivity index (χ0v) is 10.3. The van der Waals surface area contributed by atoms with Crippen LogP contribution in [0.15, 0.2) is 36.9 Å². The fraction of sp³-hybridized carbons (Fsp3) is 0.100. The summed E-state index contributed by atoms with van der Waals surface area (Å²) in [4.78, 5) is 3.92. The molecule has 3 nitrogen and oxygen atoms in total. The zero-order chi connectivity index (χ0) is 9.97. The van der Waals surface area contributed by atoms with Gasteiger partial charge in [0.25, 0.3) is 0 Å². The van der Waals surface area contributed by atoms with Crippen LogP contribution >= 0.6 is 28.6 Å². The third kappa shape index (κ3) is 2.97. The number of nitrogens with zero attached hydrogens (tertiary/aromatic N) is 2. The van der Waals surface area contributed by atoms with E-state index < -0.39 is 0 Å². The van der Waals surface area contributed by atoms with Crippen LogP contribution in [0.4, 0.5) is 0 Å². The number of hydrogen-bond donors (Lipinski definition) is 1. The quantitative estimate of drug-likeness (QED) is 0.923. The molecular formula is C10H10BrClN2O. The summed E-state index contributed by atoms with van der Waals surface area (Å²) >= 11 is 5.82. The van der Waals surface area contributed by atoms with Gasteiger partial charge in [-0.2, -0.15) is 0 Å². The van der Waals surface area contributed by atoms with E-state index in [9.17, 15) is 5.11 Å². The van der Waals surface area contributed by atoms with Gasteiger partial charge < -0.3 is 9.67 Å². The summed E-state index contributed by atoms with van der Waals surface area (Å²) in [5.74, 6) is 0.253. The van der Waals surface area contributed by atoms with Crippen LogP contribution in [0.25, 0.3) is 0 Å². The van der Waals surface area contributed by atoms with Crippen molar-refractivity contribution in [3.8, 4) is 5.75 Å². The first-order valence-electron chi connectivity index (χ1n) is 4.19. The molecule has 0 spiro atoms. The highest BCUT2D eigenvalue weighted by Crippen LogP contribution is 2.22.